The van der Waals surface area contributed by atoms with Gasteiger partial charge >= 0.3 is 23.7 Å². The minimum absolute atomic E-state index is 0. The molecule has 5 nitrogen and oxygen atoms in total. The van der Waals surface area contributed by atoms with E-state index in [9.17, 15) is 0 Å². The molecule has 0 saturated carbocycles. The molecular formula is C9H9N3O2Te. The summed E-state index contributed by atoms with van der Waals surface area (Å²) in [6.07, 6.45) is 4.58. The molecule has 0 amide bonds. The quantitative estimate of drug-likeness (QED) is 0.578. The van der Waals surface area contributed by atoms with Gasteiger partial charge in [-0.25, -0.2) is 0 Å². The van der Waals surface area contributed by atoms with Crippen LogP contribution in [0.4, 0.5) is 0 Å². The molecule has 0 saturated heterocycles. The maximum atomic E-state index is 4.87. The number of hydrogen-bond donors (Lipinski definition) is 0. The molecule has 0 bridgehead atoms. The van der Waals surface area contributed by atoms with E-state index in [2.05, 4.69) is 20.0 Å². The number of rotatable bonds is 0. The Balaban J connectivity index is 0.000000162. The normalized spacial score (nSPS) is 8.80. The molecule has 0 aliphatic rings. The van der Waals surface area contributed by atoms with Gasteiger partial charge in [0.05, 0.1) is 12.4 Å². The van der Waals surface area contributed by atoms with Gasteiger partial charge in [-0.05, 0) is 12.1 Å². The van der Waals surface area contributed by atoms with Crippen molar-refractivity contribution in [3.8, 4) is 0 Å². The van der Waals surface area contributed by atoms with Crippen molar-refractivity contribution in [3.05, 3.63) is 42.9 Å². The number of hydrogen-bond acceptors (Lipinski definition) is 5. The molecule has 0 spiro atoms. The van der Waals surface area contributed by atoms with E-state index in [1.165, 1.54) is 12.5 Å². The topological polar surface area (TPSA) is 65.0 Å². The van der Waals surface area contributed by atoms with Gasteiger partial charge in [-0.15, -0.1) is 5.10 Å². The van der Waals surface area contributed by atoms with Crippen LogP contribution in [0.5, 0.6) is 0 Å². The second-order valence-electron chi connectivity index (χ2n) is 2.45. The Kier molecular flexibility index (Phi) is 4.81. The average molecular weight is 319 g/mol. The number of para-hydroxylation sites is 1. The van der Waals surface area contributed by atoms with Gasteiger partial charge < -0.3 is 9.05 Å². The van der Waals surface area contributed by atoms with Crippen molar-refractivity contribution in [1.82, 2.24) is 15.5 Å². The molecular weight excluding hydrogens is 310 g/mol. The van der Waals surface area contributed by atoms with Gasteiger partial charge in [-0.3, -0.25) is 0 Å². The molecule has 15 heavy (non-hydrogen) atoms. The van der Waals surface area contributed by atoms with Gasteiger partial charge in [0.2, 0.25) is 0 Å². The fraction of sp³-hybridized carbons (Fsp3) is 0. The first kappa shape index (κ1) is 11.7. The van der Waals surface area contributed by atoms with Crippen LogP contribution >= 0.6 is 0 Å². The monoisotopic (exact) mass is 321 g/mol. The molecule has 0 aliphatic heterocycles. The maximum absolute atomic E-state index is 4.87. The first-order chi connectivity index (χ1) is 6.97. The molecule has 0 aliphatic carbocycles. The Morgan fingerprint density at radius 2 is 2.00 bits per heavy atom. The molecule has 0 fully saturated rings. The molecule has 0 atom stereocenters. The number of aromatic nitrogens is 3. The Bertz CT molecular complexity index is 433. The molecule has 0 N–H and O–H groups in total. The van der Waals surface area contributed by atoms with E-state index >= 15 is 0 Å². The van der Waals surface area contributed by atoms with Crippen molar-refractivity contribution in [1.29, 1.82) is 0 Å². The SMILES string of the molecule is [TeH2].c1ccc2oncc2c1.c1conn1. The molecule has 2 heterocycles. The summed E-state index contributed by atoms with van der Waals surface area (Å²) >= 11 is 0. The smallest absolute Gasteiger partial charge is 0.166 e. The van der Waals surface area contributed by atoms with Gasteiger partial charge in [0.1, 0.15) is 6.26 Å². The first-order valence-electron chi connectivity index (χ1n) is 3.97. The first-order valence-corrected chi connectivity index (χ1v) is 3.97. The zero-order valence-electron chi connectivity index (χ0n) is 7.70. The van der Waals surface area contributed by atoms with Crippen LogP contribution in [-0.2, 0) is 0 Å². The van der Waals surface area contributed by atoms with E-state index in [-0.39, 0.29) is 23.7 Å². The van der Waals surface area contributed by atoms with Crippen LogP contribution in [-0.4, -0.2) is 39.2 Å². The molecule has 1 aromatic carbocycles. The predicted molar refractivity (Wildman–Crippen MR) is 56.9 cm³/mol. The summed E-state index contributed by atoms with van der Waals surface area (Å²) in [5.41, 5.74) is 0.845. The van der Waals surface area contributed by atoms with E-state index in [0.29, 0.717) is 0 Å². The Labute approximate surface area is 102 Å². The number of nitrogens with zero attached hydrogens (tertiary/aromatic N) is 3. The summed E-state index contributed by atoms with van der Waals surface area (Å²) in [5.74, 6) is 0. The van der Waals surface area contributed by atoms with E-state index in [0.717, 1.165) is 11.0 Å². The molecule has 78 valence electrons. The van der Waals surface area contributed by atoms with Crippen LogP contribution in [0.15, 0.2) is 52.0 Å². The van der Waals surface area contributed by atoms with Crippen LogP contribution in [0.3, 0.4) is 0 Å². The molecule has 2 aromatic heterocycles. The van der Waals surface area contributed by atoms with Gasteiger partial charge in [0, 0.05) is 10.7 Å². The third-order valence-electron chi connectivity index (χ3n) is 1.54. The van der Waals surface area contributed by atoms with Crippen molar-refractivity contribution in [3.63, 3.8) is 0 Å². The zero-order chi connectivity index (χ0) is 9.64. The summed E-state index contributed by atoms with van der Waals surface area (Å²) in [6, 6.07) is 7.74. The van der Waals surface area contributed by atoms with Crippen LogP contribution in [0.2, 0.25) is 0 Å². The second kappa shape index (κ2) is 6.17. The van der Waals surface area contributed by atoms with Crippen LogP contribution in [0.1, 0.15) is 0 Å². The van der Waals surface area contributed by atoms with Crippen molar-refractivity contribution in [2.45, 2.75) is 0 Å². The Morgan fingerprint density at radius 1 is 1.13 bits per heavy atom. The predicted octanol–water partition coefficient (Wildman–Crippen LogP) is 0.981. The Hall–Kier alpha value is -1.38. The van der Waals surface area contributed by atoms with Gasteiger partial charge in [0.15, 0.2) is 5.58 Å². The van der Waals surface area contributed by atoms with E-state index in [4.69, 9.17) is 4.52 Å². The largest absolute Gasteiger partial charge is 0.356 e. The van der Waals surface area contributed by atoms with Crippen molar-refractivity contribution in [2.75, 3.05) is 0 Å². The summed E-state index contributed by atoms with van der Waals surface area (Å²) in [7, 11) is 0. The van der Waals surface area contributed by atoms with Crippen molar-refractivity contribution < 1.29 is 9.05 Å². The maximum Gasteiger partial charge on any atom is 0.166 e. The molecule has 3 rings (SSSR count). The summed E-state index contributed by atoms with van der Waals surface area (Å²) in [4.78, 5) is 0. The average Bonchev–Trinajstić information content (AvgIpc) is 2.92. The number of fused-ring (bicyclic) bond motifs is 1. The third kappa shape index (κ3) is 3.35. The minimum Gasteiger partial charge on any atom is -0.356 e. The van der Waals surface area contributed by atoms with Crippen LogP contribution < -0.4 is 0 Å². The van der Waals surface area contributed by atoms with E-state index < -0.39 is 0 Å². The van der Waals surface area contributed by atoms with Crippen LogP contribution in [0, 0.1) is 0 Å². The zero-order valence-corrected chi connectivity index (χ0v) is 10.6. The fourth-order valence-electron chi connectivity index (χ4n) is 0.946. The standard InChI is InChI=1S/C7H5NO.C2H2N2O.H2Te/c1-2-4-7-6(3-1)5-8-9-7;1-2-5-4-3-1;/h1-5H;1-2H;1H2. The number of benzene rings is 1. The summed E-state index contributed by atoms with van der Waals surface area (Å²) < 4.78 is 9.09. The third-order valence-corrected chi connectivity index (χ3v) is 1.54. The second-order valence-corrected chi connectivity index (χ2v) is 2.45. The molecule has 0 unspecified atom stereocenters. The van der Waals surface area contributed by atoms with Gasteiger partial charge in [0.25, 0.3) is 0 Å². The fourth-order valence-corrected chi connectivity index (χ4v) is 0.946. The van der Waals surface area contributed by atoms with Crippen LogP contribution in [0.25, 0.3) is 11.0 Å². The summed E-state index contributed by atoms with van der Waals surface area (Å²) in [6.45, 7) is 0. The van der Waals surface area contributed by atoms with Gasteiger partial charge in [-0.2, -0.15) is 0 Å². The molecule has 6 heteroatoms. The van der Waals surface area contributed by atoms with Crippen molar-refractivity contribution >= 4 is 34.6 Å². The minimum atomic E-state index is 0. The Morgan fingerprint density at radius 3 is 2.60 bits per heavy atom. The van der Waals surface area contributed by atoms with E-state index in [1.807, 2.05) is 24.3 Å². The summed E-state index contributed by atoms with van der Waals surface area (Å²) in [5, 5.41) is 11.1. The molecule has 0 radical (unpaired) electrons. The van der Waals surface area contributed by atoms with E-state index in [1.54, 1.807) is 6.20 Å². The van der Waals surface area contributed by atoms with Crippen molar-refractivity contribution in [2.24, 2.45) is 0 Å². The van der Waals surface area contributed by atoms with Gasteiger partial charge in [-0.1, -0.05) is 17.3 Å². The molecule has 3 aromatic rings.